The Kier molecular flexibility index (Phi) is 7.29. The van der Waals surface area contributed by atoms with Crippen LogP contribution in [0.2, 0.25) is 10.0 Å². The summed E-state index contributed by atoms with van der Waals surface area (Å²) in [6.45, 7) is 6.63. The Morgan fingerprint density at radius 3 is 2.33 bits per heavy atom. The van der Waals surface area contributed by atoms with Gasteiger partial charge in [0.15, 0.2) is 5.75 Å². The van der Waals surface area contributed by atoms with Crippen LogP contribution in [0.3, 0.4) is 0 Å². The lowest BCUT2D eigenvalue weighted by molar-refractivity contribution is -0.140. The molecular formula is C15H21Cl2NO3. The summed E-state index contributed by atoms with van der Waals surface area (Å²) in [7, 11) is 0. The lowest BCUT2D eigenvalue weighted by Crippen LogP contribution is -2.40. The van der Waals surface area contributed by atoms with Gasteiger partial charge in [-0.25, -0.2) is 0 Å². The van der Waals surface area contributed by atoms with Gasteiger partial charge in [-0.3, -0.25) is 4.79 Å². The molecule has 0 saturated carbocycles. The maximum atomic E-state index is 11.1. The summed E-state index contributed by atoms with van der Waals surface area (Å²) in [4.78, 5) is 11.1. The fourth-order valence-electron chi connectivity index (χ4n) is 1.89. The second-order valence-corrected chi connectivity index (χ2v) is 5.99. The van der Waals surface area contributed by atoms with Crippen LogP contribution in [0.25, 0.3) is 0 Å². The lowest BCUT2D eigenvalue weighted by Gasteiger charge is -2.18. The Morgan fingerprint density at radius 1 is 1.33 bits per heavy atom. The van der Waals surface area contributed by atoms with Gasteiger partial charge >= 0.3 is 5.97 Å². The van der Waals surface area contributed by atoms with Crippen LogP contribution in [0.4, 0.5) is 0 Å². The molecular weight excluding hydrogens is 313 g/mol. The molecule has 21 heavy (non-hydrogen) atoms. The van der Waals surface area contributed by atoms with E-state index in [2.05, 4.69) is 5.32 Å². The molecule has 1 aromatic rings. The van der Waals surface area contributed by atoms with E-state index in [-0.39, 0.29) is 5.92 Å². The molecule has 0 radical (unpaired) electrons. The molecule has 0 fully saturated rings. The zero-order valence-corrected chi connectivity index (χ0v) is 14.0. The van der Waals surface area contributed by atoms with Crippen LogP contribution in [-0.4, -0.2) is 23.7 Å². The standard InChI is InChI=1S/C15H21Cl2NO3/c1-4-5-21-14-11(16)6-10(7-12(14)17)8-18-13(9(2)3)15(19)20/h6-7,9,13,18H,4-5,8H2,1-3H3,(H,19,20). The van der Waals surface area contributed by atoms with E-state index in [1.807, 2.05) is 20.8 Å². The number of hydrogen-bond acceptors (Lipinski definition) is 3. The lowest BCUT2D eigenvalue weighted by atomic mass is 10.0. The van der Waals surface area contributed by atoms with E-state index in [1.165, 1.54) is 0 Å². The summed E-state index contributed by atoms with van der Waals surface area (Å²) in [5.41, 5.74) is 0.820. The molecule has 0 aliphatic heterocycles. The van der Waals surface area contributed by atoms with Crippen molar-refractivity contribution in [2.75, 3.05) is 6.61 Å². The van der Waals surface area contributed by atoms with Crippen LogP contribution in [0.15, 0.2) is 12.1 Å². The predicted octanol–water partition coefficient (Wildman–Crippen LogP) is 3.98. The van der Waals surface area contributed by atoms with E-state index in [1.54, 1.807) is 12.1 Å². The van der Waals surface area contributed by atoms with Crippen molar-refractivity contribution in [3.05, 3.63) is 27.7 Å². The summed E-state index contributed by atoms with van der Waals surface area (Å²) in [6, 6.07) is 2.87. The highest BCUT2D eigenvalue weighted by Crippen LogP contribution is 2.34. The number of carboxylic acid groups (broad SMARTS) is 1. The fraction of sp³-hybridized carbons (Fsp3) is 0.533. The van der Waals surface area contributed by atoms with Crippen molar-refractivity contribution in [1.82, 2.24) is 5.32 Å². The zero-order chi connectivity index (χ0) is 16.0. The summed E-state index contributed by atoms with van der Waals surface area (Å²) in [5.74, 6) is -0.409. The Labute approximate surface area is 135 Å². The molecule has 1 atom stereocenters. The van der Waals surface area contributed by atoms with Gasteiger partial charge in [0.2, 0.25) is 0 Å². The van der Waals surface area contributed by atoms with E-state index >= 15 is 0 Å². The van der Waals surface area contributed by atoms with Crippen molar-refractivity contribution in [2.45, 2.75) is 39.8 Å². The number of aliphatic carboxylic acids is 1. The minimum Gasteiger partial charge on any atom is -0.490 e. The summed E-state index contributed by atoms with van der Waals surface area (Å²) in [6.07, 6.45) is 0.866. The van der Waals surface area contributed by atoms with Crippen molar-refractivity contribution in [3.63, 3.8) is 0 Å². The first-order valence-corrected chi connectivity index (χ1v) is 7.69. The van der Waals surface area contributed by atoms with E-state index in [4.69, 9.17) is 33.0 Å². The van der Waals surface area contributed by atoms with Crippen molar-refractivity contribution in [2.24, 2.45) is 5.92 Å². The maximum absolute atomic E-state index is 11.1. The summed E-state index contributed by atoms with van der Waals surface area (Å²) >= 11 is 12.3. The number of ether oxygens (including phenoxy) is 1. The molecule has 0 amide bonds. The normalized spacial score (nSPS) is 12.5. The van der Waals surface area contributed by atoms with Gasteiger partial charge in [0.25, 0.3) is 0 Å². The van der Waals surface area contributed by atoms with Crippen LogP contribution in [0.5, 0.6) is 5.75 Å². The number of nitrogens with one attached hydrogen (secondary N) is 1. The third-order valence-electron chi connectivity index (χ3n) is 2.97. The van der Waals surface area contributed by atoms with Crippen molar-refractivity contribution >= 4 is 29.2 Å². The molecule has 0 aromatic heterocycles. The Hall–Kier alpha value is -0.970. The summed E-state index contributed by atoms with van der Waals surface area (Å²) < 4.78 is 5.50. The molecule has 1 aromatic carbocycles. The third kappa shape index (κ3) is 5.38. The average molecular weight is 334 g/mol. The second-order valence-electron chi connectivity index (χ2n) is 5.18. The van der Waals surface area contributed by atoms with Crippen molar-refractivity contribution in [1.29, 1.82) is 0 Å². The number of carbonyl (C=O) groups is 1. The van der Waals surface area contributed by atoms with Gasteiger partial charge < -0.3 is 15.2 Å². The van der Waals surface area contributed by atoms with E-state index < -0.39 is 12.0 Å². The molecule has 4 nitrogen and oxygen atoms in total. The van der Waals surface area contributed by atoms with Gasteiger partial charge in [-0.2, -0.15) is 0 Å². The van der Waals surface area contributed by atoms with E-state index in [0.29, 0.717) is 28.9 Å². The van der Waals surface area contributed by atoms with Crippen LogP contribution in [-0.2, 0) is 11.3 Å². The molecule has 0 heterocycles. The minimum atomic E-state index is -0.870. The Bertz CT molecular complexity index is 469. The average Bonchev–Trinajstić information content (AvgIpc) is 2.37. The van der Waals surface area contributed by atoms with Crippen molar-refractivity contribution < 1.29 is 14.6 Å². The van der Waals surface area contributed by atoms with Gasteiger partial charge in [-0.1, -0.05) is 44.0 Å². The first-order chi connectivity index (χ1) is 9.86. The first kappa shape index (κ1) is 18.1. The van der Waals surface area contributed by atoms with Crippen LogP contribution in [0, 0.1) is 5.92 Å². The van der Waals surface area contributed by atoms with E-state index in [9.17, 15) is 4.79 Å². The largest absolute Gasteiger partial charge is 0.490 e. The van der Waals surface area contributed by atoms with E-state index in [0.717, 1.165) is 12.0 Å². The highest BCUT2D eigenvalue weighted by molar-refractivity contribution is 6.37. The van der Waals surface area contributed by atoms with Gasteiger partial charge in [0, 0.05) is 6.54 Å². The second kappa shape index (κ2) is 8.47. The molecule has 0 aliphatic carbocycles. The van der Waals surface area contributed by atoms with Gasteiger partial charge in [0.1, 0.15) is 6.04 Å². The molecule has 1 unspecified atom stereocenters. The van der Waals surface area contributed by atoms with Crippen LogP contribution in [0.1, 0.15) is 32.8 Å². The number of rotatable bonds is 8. The molecule has 118 valence electrons. The third-order valence-corrected chi connectivity index (χ3v) is 3.53. The SMILES string of the molecule is CCCOc1c(Cl)cc(CNC(C(=O)O)C(C)C)cc1Cl. The number of benzene rings is 1. The fourth-order valence-corrected chi connectivity index (χ4v) is 2.53. The summed E-state index contributed by atoms with van der Waals surface area (Å²) in [5, 5.41) is 13.0. The topological polar surface area (TPSA) is 58.6 Å². The van der Waals surface area contributed by atoms with Gasteiger partial charge in [-0.05, 0) is 30.0 Å². The van der Waals surface area contributed by atoms with Gasteiger partial charge in [-0.15, -0.1) is 0 Å². The molecule has 1 rings (SSSR count). The number of hydrogen-bond donors (Lipinski definition) is 2. The predicted molar refractivity (Wildman–Crippen MR) is 85.3 cm³/mol. The number of halogens is 2. The first-order valence-electron chi connectivity index (χ1n) is 6.93. The molecule has 6 heteroatoms. The van der Waals surface area contributed by atoms with Crippen LogP contribution >= 0.6 is 23.2 Å². The quantitative estimate of drug-likeness (QED) is 0.755. The monoisotopic (exact) mass is 333 g/mol. The highest BCUT2D eigenvalue weighted by atomic mass is 35.5. The molecule has 0 saturated heterocycles. The Balaban J connectivity index is 2.79. The Morgan fingerprint density at radius 2 is 1.90 bits per heavy atom. The van der Waals surface area contributed by atoms with Gasteiger partial charge in [0.05, 0.1) is 16.7 Å². The molecule has 0 bridgehead atoms. The smallest absolute Gasteiger partial charge is 0.320 e. The number of carboxylic acids is 1. The zero-order valence-electron chi connectivity index (χ0n) is 12.5. The molecule has 0 aliphatic rings. The maximum Gasteiger partial charge on any atom is 0.320 e. The molecule has 0 spiro atoms. The van der Waals surface area contributed by atoms with Crippen LogP contribution < -0.4 is 10.1 Å². The molecule has 2 N–H and O–H groups in total. The van der Waals surface area contributed by atoms with Crippen molar-refractivity contribution in [3.8, 4) is 5.75 Å². The minimum absolute atomic E-state index is 0.0133. The highest BCUT2D eigenvalue weighted by Gasteiger charge is 2.20.